The van der Waals surface area contributed by atoms with Crippen LogP contribution in [0.25, 0.3) is 0 Å². The molecule has 0 fully saturated rings. The van der Waals surface area contributed by atoms with E-state index in [0.29, 0.717) is 5.69 Å². The molecule has 1 aromatic rings. The standard InChI is InChI=1S/C12H18N2O4S/c1-4-8(2)14-11-6-5-9(19(17,18)13-3)7-10(11)12(15)16/h5-8,13-14H,4H2,1-3H3,(H,15,16)/t8-/m0/s1. The van der Waals surface area contributed by atoms with Crippen molar-refractivity contribution in [1.29, 1.82) is 0 Å². The minimum atomic E-state index is -3.65. The molecule has 0 bridgehead atoms. The van der Waals surface area contributed by atoms with Gasteiger partial charge in [0.15, 0.2) is 0 Å². The Balaban J connectivity index is 3.27. The molecule has 0 saturated heterocycles. The first-order valence-electron chi connectivity index (χ1n) is 5.89. The first-order chi connectivity index (χ1) is 8.81. The summed E-state index contributed by atoms with van der Waals surface area (Å²) in [7, 11) is -2.37. The van der Waals surface area contributed by atoms with E-state index in [1.54, 1.807) is 0 Å². The maximum atomic E-state index is 11.6. The van der Waals surface area contributed by atoms with Gasteiger partial charge in [0.25, 0.3) is 0 Å². The van der Waals surface area contributed by atoms with E-state index < -0.39 is 16.0 Å². The lowest BCUT2D eigenvalue weighted by Crippen LogP contribution is -2.20. The SMILES string of the molecule is CC[C@H](C)Nc1ccc(S(=O)(=O)NC)cc1C(=O)O. The molecule has 0 heterocycles. The Labute approximate surface area is 112 Å². The van der Waals surface area contributed by atoms with Crippen molar-refractivity contribution in [2.75, 3.05) is 12.4 Å². The minimum Gasteiger partial charge on any atom is -0.478 e. The van der Waals surface area contributed by atoms with E-state index in [0.717, 1.165) is 12.5 Å². The number of carboxylic acid groups (broad SMARTS) is 1. The fraction of sp³-hybridized carbons (Fsp3) is 0.417. The van der Waals surface area contributed by atoms with Crippen LogP contribution in [-0.2, 0) is 10.0 Å². The maximum Gasteiger partial charge on any atom is 0.337 e. The van der Waals surface area contributed by atoms with Crippen LogP contribution in [0.3, 0.4) is 0 Å². The lowest BCUT2D eigenvalue weighted by molar-refractivity contribution is 0.0697. The zero-order valence-corrected chi connectivity index (χ0v) is 11.9. The summed E-state index contributed by atoms with van der Waals surface area (Å²) in [4.78, 5) is 11.1. The second-order valence-corrected chi connectivity index (χ2v) is 6.06. The molecule has 0 aromatic heterocycles. The highest BCUT2D eigenvalue weighted by Crippen LogP contribution is 2.21. The van der Waals surface area contributed by atoms with Crippen LogP contribution in [0.15, 0.2) is 23.1 Å². The summed E-state index contributed by atoms with van der Waals surface area (Å²) in [6.45, 7) is 3.89. The first-order valence-corrected chi connectivity index (χ1v) is 7.37. The Morgan fingerprint density at radius 1 is 1.42 bits per heavy atom. The number of sulfonamides is 1. The van der Waals surface area contributed by atoms with Crippen LogP contribution >= 0.6 is 0 Å². The van der Waals surface area contributed by atoms with Gasteiger partial charge in [0, 0.05) is 11.7 Å². The van der Waals surface area contributed by atoms with Crippen molar-refractivity contribution in [2.45, 2.75) is 31.2 Å². The number of carbonyl (C=O) groups is 1. The van der Waals surface area contributed by atoms with Crippen molar-refractivity contribution >= 4 is 21.7 Å². The zero-order valence-electron chi connectivity index (χ0n) is 11.1. The number of hydrogen-bond acceptors (Lipinski definition) is 4. The number of hydrogen-bond donors (Lipinski definition) is 3. The summed E-state index contributed by atoms with van der Waals surface area (Å²) >= 11 is 0. The molecule has 0 spiro atoms. The average Bonchev–Trinajstić information content (AvgIpc) is 2.38. The average molecular weight is 286 g/mol. The Morgan fingerprint density at radius 2 is 2.05 bits per heavy atom. The van der Waals surface area contributed by atoms with Crippen molar-refractivity contribution < 1.29 is 18.3 Å². The second kappa shape index (κ2) is 6.03. The van der Waals surface area contributed by atoms with Gasteiger partial charge >= 0.3 is 5.97 Å². The zero-order chi connectivity index (χ0) is 14.6. The third-order valence-corrected chi connectivity index (χ3v) is 4.23. The van der Waals surface area contributed by atoms with Crippen LogP contribution in [0.5, 0.6) is 0 Å². The summed E-state index contributed by atoms with van der Waals surface area (Å²) in [6, 6.07) is 4.10. The van der Waals surface area contributed by atoms with Gasteiger partial charge in [0.05, 0.1) is 10.5 Å². The number of carboxylic acids is 1. The topological polar surface area (TPSA) is 95.5 Å². The third kappa shape index (κ3) is 3.68. The highest BCUT2D eigenvalue weighted by atomic mass is 32.2. The monoisotopic (exact) mass is 286 g/mol. The van der Waals surface area contributed by atoms with Gasteiger partial charge in [-0.05, 0) is 38.6 Å². The van der Waals surface area contributed by atoms with Gasteiger partial charge in [-0.25, -0.2) is 17.9 Å². The van der Waals surface area contributed by atoms with Crippen LogP contribution < -0.4 is 10.0 Å². The summed E-state index contributed by atoms with van der Waals surface area (Å²) in [5.74, 6) is -1.17. The Kier molecular flexibility index (Phi) is 4.90. The molecule has 19 heavy (non-hydrogen) atoms. The van der Waals surface area contributed by atoms with E-state index >= 15 is 0 Å². The Bertz CT molecular complexity index is 569. The molecule has 106 valence electrons. The maximum absolute atomic E-state index is 11.6. The number of nitrogens with one attached hydrogen (secondary N) is 2. The second-order valence-electron chi connectivity index (χ2n) is 4.17. The number of rotatable bonds is 6. The lowest BCUT2D eigenvalue weighted by Gasteiger charge is -2.16. The fourth-order valence-corrected chi connectivity index (χ4v) is 2.23. The highest BCUT2D eigenvalue weighted by molar-refractivity contribution is 7.89. The predicted molar refractivity (Wildman–Crippen MR) is 73.0 cm³/mol. The van der Waals surface area contributed by atoms with E-state index in [9.17, 15) is 13.2 Å². The quantitative estimate of drug-likeness (QED) is 0.736. The van der Waals surface area contributed by atoms with Crippen molar-refractivity contribution in [3.05, 3.63) is 23.8 Å². The van der Waals surface area contributed by atoms with Crippen molar-refractivity contribution in [3.63, 3.8) is 0 Å². The molecule has 0 amide bonds. The third-order valence-electron chi connectivity index (χ3n) is 2.81. The molecule has 0 saturated carbocycles. The molecule has 1 atom stereocenters. The summed E-state index contributed by atoms with van der Waals surface area (Å²) in [6.07, 6.45) is 0.829. The minimum absolute atomic E-state index is 0.0587. The molecular weight excluding hydrogens is 268 g/mol. The summed E-state index contributed by atoms with van der Waals surface area (Å²) in [5.41, 5.74) is 0.355. The molecule has 6 nitrogen and oxygen atoms in total. The number of benzene rings is 1. The van der Waals surface area contributed by atoms with Crippen LogP contribution in [0, 0.1) is 0 Å². The van der Waals surface area contributed by atoms with E-state index in [2.05, 4.69) is 10.0 Å². The van der Waals surface area contributed by atoms with Crippen LogP contribution in [0.4, 0.5) is 5.69 Å². The van der Waals surface area contributed by atoms with Gasteiger partial charge < -0.3 is 10.4 Å². The molecule has 7 heteroatoms. The first kappa shape index (κ1) is 15.5. The van der Waals surface area contributed by atoms with Crippen LogP contribution in [-0.4, -0.2) is 32.6 Å². The molecule has 0 radical (unpaired) electrons. The van der Waals surface area contributed by atoms with Crippen molar-refractivity contribution in [3.8, 4) is 0 Å². The molecule has 1 aromatic carbocycles. The summed E-state index contributed by atoms with van der Waals surface area (Å²) in [5, 5.41) is 12.2. The number of aromatic carboxylic acids is 1. The van der Waals surface area contributed by atoms with Gasteiger partial charge in [-0.3, -0.25) is 0 Å². The Morgan fingerprint density at radius 3 is 2.53 bits per heavy atom. The fourth-order valence-electron chi connectivity index (χ4n) is 1.48. The normalized spacial score (nSPS) is 13.0. The van der Waals surface area contributed by atoms with E-state index in [-0.39, 0.29) is 16.5 Å². The molecule has 3 N–H and O–H groups in total. The van der Waals surface area contributed by atoms with Gasteiger partial charge in [-0.1, -0.05) is 6.92 Å². The molecule has 0 aliphatic rings. The van der Waals surface area contributed by atoms with Gasteiger partial charge in [-0.2, -0.15) is 0 Å². The highest BCUT2D eigenvalue weighted by Gasteiger charge is 2.18. The van der Waals surface area contributed by atoms with Crippen LogP contribution in [0.2, 0.25) is 0 Å². The van der Waals surface area contributed by atoms with Crippen LogP contribution in [0.1, 0.15) is 30.6 Å². The van der Waals surface area contributed by atoms with Gasteiger partial charge in [0.1, 0.15) is 0 Å². The summed E-state index contributed by atoms with van der Waals surface area (Å²) < 4.78 is 25.4. The lowest BCUT2D eigenvalue weighted by atomic mass is 10.1. The molecule has 0 aliphatic carbocycles. The molecular formula is C12H18N2O4S. The van der Waals surface area contributed by atoms with Gasteiger partial charge in [0.2, 0.25) is 10.0 Å². The Hall–Kier alpha value is -1.60. The number of anilines is 1. The van der Waals surface area contributed by atoms with Crippen molar-refractivity contribution in [1.82, 2.24) is 4.72 Å². The molecule has 0 unspecified atom stereocenters. The largest absolute Gasteiger partial charge is 0.478 e. The van der Waals surface area contributed by atoms with E-state index in [1.807, 2.05) is 13.8 Å². The van der Waals surface area contributed by atoms with Gasteiger partial charge in [-0.15, -0.1) is 0 Å². The van der Waals surface area contributed by atoms with E-state index in [1.165, 1.54) is 19.2 Å². The smallest absolute Gasteiger partial charge is 0.337 e. The van der Waals surface area contributed by atoms with E-state index in [4.69, 9.17) is 5.11 Å². The van der Waals surface area contributed by atoms with Crippen molar-refractivity contribution in [2.24, 2.45) is 0 Å². The molecule has 0 aliphatic heterocycles. The molecule has 1 rings (SSSR count). The predicted octanol–water partition coefficient (Wildman–Crippen LogP) is 1.50.